The van der Waals surface area contributed by atoms with Gasteiger partial charge in [-0.25, -0.2) is 4.79 Å². The molecule has 0 heterocycles. The molecule has 0 aromatic heterocycles. The van der Waals surface area contributed by atoms with E-state index in [0.29, 0.717) is 13.2 Å². The molecule has 0 bridgehead atoms. The summed E-state index contributed by atoms with van der Waals surface area (Å²) in [6.07, 6.45) is 0. The van der Waals surface area contributed by atoms with Crippen LogP contribution in [0.5, 0.6) is 0 Å². The molecule has 20 heavy (non-hydrogen) atoms. The number of nitrogens with one attached hydrogen (secondary N) is 2. The van der Waals surface area contributed by atoms with Gasteiger partial charge in [0.05, 0.1) is 13.2 Å². The Morgan fingerprint density at radius 3 is 2.35 bits per heavy atom. The maximum atomic E-state index is 11.6. The maximum absolute atomic E-state index is 11.6. The smallest absolute Gasteiger partial charge is 0.321 e. The molecule has 5 heteroatoms. The van der Waals surface area contributed by atoms with E-state index in [4.69, 9.17) is 9.47 Å². The Morgan fingerprint density at radius 2 is 1.80 bits per heavy atom. The quantitative estimate of drug-likeness (QED) is 0.622. The topological polar surface area (TPSA) is 59.6 Å². The fourth-order valence-corrected chi connectivity index (χ4v) is 1.56. The number of benzene rings is 1. The van der Waals surface area contributed by atoms with Gasteiger partial charge in [0.15, 0.2) is 0 Å². The Balaban J connectivity index is 2.35. The first-order chi connectivity index (χ1) is 9.43. The average Bonchev–Trinajstić information content (AvgIpc) is 2.38. The van der Waals surface area contributed by atoms with Crippen LogP contribution in [0.25, 0.3) is 0 Å². The zero-order valence-corrected chi connectivity index (χ0v) is 12.7. The van der Waals surface area contributed by atoms with E-state index in [-0.39, 0.29) is 18.2 Å². The van der Waals surface area contributed by atoms with Crippen molar-refractivity contribution in [3.05, 3.63) is 29.8 Å². The number of anilines is 1. The van der Waals surface area contributed by atoms with Gasteiger partial charge in [0.25, 0.3) is 0 Å². The molecular formula is C15H24N2O3. The van der Waals surface area contributed by atoms with E-state index in [1.54, 1.807) is 7.11 Å². The predicted molar refractivity (Wildman–Crippen MR) is 80.0 cm³/mol. The predicted octanol–water partition coefficient (Wildman–Crippen LogP) is 2.73. The van der Waals surface area contributed by atoms with Crippen LogP contribution in [0.2, 0.25) is 0 Å². The number of carbonyl (C=O) groups excluding carboxylic acids is 1. The maximum Gasteiger partial charge on any atom is 0.321 e. The van der Waals surface area contributed by atoms with Crippen molar-refractivity contribution >= 4 is 11.7 Å². The van der Waals surface area contributed by atoms with Crippen LogP contribution in [0.15, 0.2) is 24.3 Å². The van der Waals surface area contributed by atoms with Crippen molar-refractivity contribution in [2.24, 2.45) is 0 Å². The zero-order chi connectivity index (χ0) is 15.0. The van der Waals surface area contributed by atoms with Crippen molar-refractivity contribution in [3.8, 4) is 0 Å². The van der Waals surface area contributed by atoms with Crippen LogP contribution < -0.4 is 10.6 Å². The molecule has 1 aromatic rings. The van der Waals surface area contributed by atoms with Gasteiger partial charge in [0.2, 0.25) is 0 Å². The monoisotopic (exact) mass is 280 g/mol. The third-order valence-electron chi connectivity index (χ3n) is 2.78. The van der Waals surface area contributed by atoms with Gasteiger partial charge < -0.3 is 20.1 Å². The number of amides is 2. The highest BCUT2D eigenvalue weighted by Crippen LogP contribution is 2.23. The SMILES string of the molecule is COCCOCNC(=O)Nc1ccc(C(C)(C)C)cc1. The minimum absolute atomic E-state index is 0.107. The summed E-state index contributed by atoms with van der Waals surface area (Å²) in [6, 6.07) is 7.54. The van der Waals surface area contributed by atoms with Crippen LogP contribution in [0, 0.1) is 0 Å². The Morgan fingerprint density at radius 1 is 1.15 bits per heavy atom. The minimum atomic E-state index is -0.286. The van der Waals surface area contributed by atoms with E-state index in [0.717, 1.165) is 5.69 Å². The largest absolute Gasteiger partial charge is 0.382 e. The number of urea groups is 1. The van der Waals surface area contributed by atoms with E-state index < -0.39 is 0 Å². The standard InChI is InChI=1S/C15H24N2O3/c1-15(2,3)12-5-7-13(8-6-12)17-14(18)16-11-20-10-9-19-4/h5-8H,9-11H2,1-4H3,(H2,16,17,18). The molecule has 0 fully saturated rings. The van der Waals surface area contributed by atoms with Crippen molar-refractivity contribution in [1.82, 2.24) is 5.32 Å². The molecule has 1 rings (SSSR count). The first-order valence-electron chi connectivity index (χ1n) is 6.65. The molecule has 0 aliphatic carbocycles. The summed E-state index contributed by atoms with van der Waals surface area (Å²) >= 11 is 0. The van der Waals surface area contributed by atoms with Gasteiger partial charge in [-0.1, -0.05) is 32.9 Å². The van der Waals surface area contributed by atoms with Gasteiger partial charge in [0, 0.05) is 12.8 Å². The van der Waals surface area contributed by atoms with E-state index in [2.05, 4.69) is 31.4 Å². The van der Waals surface area contributed by atoms with Crippen LogP contribution in [-0.4, -0.2) is 33.1 Å². The first-order valence-corrected chi connectivity index (χ1v) is 6.65. The van der Waals surface area contributed by atoms with Crippen molar-refractivity contribution in [3.63, 3.8) is 0 Å². The Hall–Kier alpha value is -1.59. The number of rotatable bonds is 6. The number of carbonyl (C=O) groups is 1. The highest BCUT2D eigenvalue weighted by atomic mass is 16.5. The fraction of sp³-hybridized carbons (Fsp3) is 0.533. The number of ether oxygens (including phenoxy) is 2. The fourth-order valence-electron chi connectivity index (χ4n) is 1.56. The molecule has 2 amide bonds. The molecule has 0 aliphatic rings. The van der Waals surface area contributed by atoms with Gasteiger partial charge >= 0.3 is 6.03 Å². The summed E-state index contributed by atoms with van der Waals surface area (Å²) in [5.41, 5.74) is 2.09. The van der Waals surface area contributed by atoms with Crippen LogP contribution in [-0.2, 0) is 14.9 Å². The highest BCUT2D eigenvalue weighted by molar-refractivity contribution is 5.89. The van der Waals surface area contributed by atoms with Gasteiger partial charge in [-0.05, 0) is 23.1 Å². The molecule has 0 aliphatic heterocycles. The third-order valence-corrected chi connectivity index (χ3v) is 2.78. The lowest BCUT2D eigenvalue weighted by Crippen LogP contribution is -2.31. The normalized spacial score (nSPS) is 11.2. The molecule has 0 unspecified atom stereocenters. The molecule has 5 nitrogen and oxygen atoms in total. The molecular weight excluding hydrogens is 256 g/mol. The Bertz CT molecular complexity index is 410. The molecule has 0 atom stereocenters. The first kappa shape index (κ1) is 16.5. The van der Waals surface area contributed by atoms with Crippen LogP contribution in [0.1, 0.15) is 26.3 Å². The van der Waals surface area contributed by atoms with Gasteiger partial charge in [-0.3, -0.25) is 0 Å². The summed E-state index contributed by atoms with van der Waals surface area (Å²) in [7, 11) is 1.60. The molecule has 0 saturated heterocycles. The van der Waals surface area contributed by atoms with Gasteiger partial charge in [-0.2, -0.15) is 0 Å². The van der Waals surface area contributed by atoms with Crippen molar-refractivity contribution in [2.45, 2.75) is 26.2 Å². The second-order valence-electron chi connectivity index (χ2n) is 5.50. The van der Waals surface area contributed by atoms with E-state index in [1.165, 1.54) is 5.56 Å². The van der Waals surface area contributed by atoms with E-state index in [9.17, 15) is 4.79 Å². The minimum Gasteiger partial charge on any atom is -0.382 e. The molecule has 1 aromatic carbocycles. The summed E-state index contributed by atoms with van der Waals surface area (Å²) in [6.45, 7) is 7.59. The molecule has 2 N–H and O–H groups in total. The van der Waals surface area contributed by atoms with E-state index >= 15 is 0 Å². The van der Waals surface area contributed by atoms with Crippen LogP contribution in [0.3, 0.4) is 0 Å². The molecule has 0 saturated carbocycles. The third kappa shape index (κ3) is 6.04. The number of hydrogen-bond acceptors (Lipinski definition) is 3. The lowest BCUT2D eigenvalue weighted by molar-refractivity contribution is 0.0650. The van der Waals surface area contributed by atoms with Crippen molar-refractivity contribution < 1.29 is 14.3 Å². The Kier molecular flexibility index (Phi) is 6.48. The van der Waals surface area contributed by atoms with Crippen LogP contribution >= 0.6 is 0 Å². The van der Waals surface area contributed by atoms with Gasteiger partial charge in [-0.15, -0.1) is 0 Å². The number of hydrogen-bond donors (Lipinski definition) is 2. The van der Waals surface area contributed by atoms with Crippen molar-refractivity contribution in [1.29, 1.82) is 0 Å². The lowest BCUT2D eigenvalue weighted by atomic mass is 9.87. The Labute approximate surface area is 120 Å². The average molecular weight is 280 g/mol. The second-order valence-corrected chi connectivity index (χ2v) is 5.50. The molecule has 0 spiro atoms. The zero-order valence-electron chi connectivity index (χ0n) is 12.7. The van der Waals surface area contributed by atoms with Crippen molar-refractivity contribution in [2.75, 3.05) is 32.4 Å². The lowest BCUT2D eigenvalue weighted by Gasteiger charge is -2.19. The summed E-state index contributed by atoms with van der Waals surface area (Å²) in [4.78, 5) is 11.6. The van der Waals surface area contributed by atoms with Gasteiger partial charge in [0.1, 0.15) is 6.73 Å². The van der Waals surface area contributed by atoms with E-state index in [1.807, 2.05) is 24.3 Å². The van der Waals surface area contributed by atoms with Crippen LogP contribution in [0.4, 0.5) is 10.5 Å². The highest BCUT2D eigenvalue weighted by Gasteiger charge is 2.13. The molecule has 0 radical (unpaired) electrons. The molecule has 112 valence electrons. The second kappa shape index (κ2) is 7.87. The summed E-state index contributed by atoms with van der Waals surface area (Å²) in [5.74, 6) is 0. The summed E-state index contributed by atoms with van der Waals surface area (Å²) < 4.78 is 9.98. The summed E-state index contributed by atoms with van der Waals surface area (Å²) in [5, 5.41) is 5.36. The number of methoxy groups -OCH3 is 1.